The number of anilines is 1. The largest absolute Gasteiger partial charge is 0.325 e. The van der Waals surface area contributed by atoms with E-state index in [1.165, 1.54) is 5.56 Å². The molecule has 2 aromatic rings. The Morgan fingerprint density at radius 3 is 2.70 bits per heavy atom. The first kappa shape index (κ1) is 12.9. The van der Waals surface area contributed by atoms with Crippen molar-refractivity contribution >= 4 is 11.6 Å². The van der Waals surface area contributed by atoms with Crippen molar-refractivity contribution in [3.8, 4) is 0 Å². The molecule has 0 fully saturated rings. The van der Waals surface area contributed by atoms with Crippen LogP contribution in [-0.4, -0.2) is 5.91 Å². The summed E-state index contributed by atoms with van der Waals surface area (Å²) in [4.78, 5) is 11.7. The maximum absolute atomic E-state index is 11.7. The molecule has 1 amide bonds. The standard InChI is InChI=1S/C17H18N2O/c1-11-14-10-13(7-8-16(14)19-17(11)20)15(18)9-12-5-3-2-4-6-12/h2-8,10-11,15H,9,18H2,1H3,(H,19,20). The van der Waals surface area contributed by atoms with Crippen LogP contribution < -0.4 is 11.1 Å². The number of nitrogens with one attached hydrogen (secondary N) is 1. The molecule has 0 bridgehead atoms. The van der Waals surface area contributed by atoms with E-state index in [0.29, 0.717) is 0 Å². The molecular weight excluding hydrogens is 248 g/mol. The van der Waals surface area contributed by atoms with E-state index < -0.39 is 0 Å². The Kier molecular flexibility index (Phi) is 3.28. The van der Waals surface area contributed by atoms with Gasteiger partial charge >= 0.3 is 0 Å². The number of carbonyl (C=O) groups is 1. The summed E-state index contributed by atoms with van der Waals surface area (Å²) in [5, 5.41) is 2.88. The van der Waals surface area contributed by atoms with Gasteiger partial charge in [0.15, 0.2) is 0 Å². The van der Waals surface area contributed by atoms with Crippen molar-refractivity contribution in [2.45, 2.75) is 25.3 Å². The maximum atomic E-state index is 11.7. The number of carbonyl (C=O) groups excluding carboxylic acids is 1. The minimum Gasteiger partial charge on any atom is -0.325 e. The number of nitrogens with two attached hydrogens (primary N) is 1. The molecule has 0 saturated carbocycles. The molecule has 20 heavy (non-hydrogen) atoms. The zero-order valence-corrected chi connectivity index (χ0v) is 11.5. The molecule has 3 heteroatoms. The van der Waals surface area contributed by atoms with Crippen LogP contribution >= 0.6 is 0 Å². The smallest absolute Gasteiger partial charge is 0.231 e. The number of hydrogen-bond acceptors (Lipinski definition) is 2. The highest BCUT2D eigenvalue weighted by molar-refractivity contribution is 6.02. The summed E-state index contributed by atoms with van der Waals surface area (Å²) in [6, 6.07) is 16.2. The summed E-state index contributed by atoms with van der Waals surface area (Å²) >= 11 is 0. The van der Waals surface area contributed by atoms with Crippen molar-refractivity contribution in [3.63, 3.8) is 0 Å². The number of amides is 1. The third kappa shape index (κ3) is 2.32. The number of benzene rings is 2. The van der Waals surface area contributed by atoms with Crippen LogP contribution in [0.3, 0.4) is 0 Å². The average molecular weight is 266 g/mol. The second-order valence-corrected chi connectivity index (χ2v) is 5.35. The molecule has 1 aliphatic heterocycles. The maximum Gasteiger partial charge on any atom is 0.231 e. The second kappa shape index (κ2) is 5.10. The molecule has 2 aromatic carbocycles. The summed E-state index contributed by atoms with van der Waals surface area (Å²) < 4.78 is 0. The average Bonchev–Trinajstić information content (AvgIpc) is 2.75. The predicted octanol–water partition coefficient (Wildman–Crippen LogP) is 2.98. The molecular formula is C17H18N2O. The Morgan fingerprint density at radius 2 is 1.95 bits per heavy atom. The fourth-order valence-electron chi connectivity index (χ4n) is 2.65. The summed E-state index contributed by atoms with van der Waals surface area (Å²) in [5.41, 5.74) is 10.6. The van der Waals surface area contributed by atoms with Gasteiger partial charge in [0.1, 0.15) is 0 Å². The van der Waals surface area contributed by atoms with Gasteiger partial charge in [-0.05, 0) is 36.1 Å². The second-order valence-electron chi connectivity index (χ2n) is 5.35. The lowest BCUT2D eigenvalue weighted by Gasteiger charge is -2.14. The number of rotatable bonds is 3. The Bertz CT molecular complexity index is 637. The molecule has 0 saturated heterocycles. The molecule has 2 unspecified atom stereocenters. The van der Waals surface area contributed by atoms with E-state index in [-0.39, 0.29) is 17.9 Å². The van der Waals surface area contributed by atoms with E-state index in [2.05, 4.69) is 23.5 Å². The van der Waals surface area contributed by atoms with Crippen LogP contribution in [0.15, 0.2) is 48.5 Å². The van der Waals surface area contributed by atoms with E-state index in [4.69, 9.17) is 5.73 Å². The third-order valence-corrected chi connectivity index (χ3v) is 3.92. The molecule has 3 nitrogen and oxygen atoms in total. The van der Waals surface area contributed by atoms with E-state index in [1.807, 2.05) is 37.3 Å². The van der Waals surface area contributed by atoms with E-state index in [0.717, 1.165) is 23.2 Å². The molecule has 0 radical (unpaired) electrons. The normalized spacial score (nSPS) is 18.5. The van der Waals surface area contributed by atoms with Crippen molar-refractivity contribution in [1.29, 1.82) is 0 Å². The molecule has 2 atom stereocenters. The van der Waals surface area contributed by atoms with Crippen LogP contribution in [0.1, 0.15) is 35.6 Å². The highest BCUT2D eigenvalue weighted by atomic mass is 16.2. The summed E-state index contributed by atoms with van der Waals surface area (Å²) in [6.07, 6.45) is 0.801. The first-order valence-corrected chi connectivity index (χ1v) is 6.89. The van der Waals surface area contributed by atoms with Gasteiger partial charge in [0.25, 0.3) is 0 Å². The molecule has 0 spiro atoms. The van der Waals surface area contributed by atoms with Crippen molar-refractivity contribution in [2.75, 3.05) is 5.32 Å². The Morgan fingerprint density at radius 1 is 1.20 bits per heavy atom. The van der Waals surface area contributed by atoms with Crippen LogP contribution in [-0.2, 0) is 11.2 Å². The van der Waals surface area contributed by atoms with E-state index in [1.54, 1.807) is 0 Å². The topological polar surface area (TPSA) is 55.1 Å². The third-order valence-electron chi connectivity index (χ3n) is 3.92. The first-order chi connectivity index (χ1) is 9.65. The molecule has 1 aliphatic rings. The van der Waals surface area contributed by atoms with Crippen LogP contribution in [0.25, 0.3) is 0 Å². The summed E-state index contributed by atoms with van der Waals surface area (Å²) in [7, 11) is 0. The molecule has 0 aliphatic carbocycles. The van der Waals surface area contributed by atoms with Gasteiger partial charge in [-0.25, -0.2) is 0 Å². The highest BCUT2D eigenvalue weighted by Gasteiger charge is 2.26. The molecule has 3 rings (SSSR count). The van der Waals surface area contributed by atoms with Crippen molar-refractivity contribution in [2.24, 2.45) is 5.73 Å². The van der Waals surface area contributed by atoms with Crippen molar-refractivity contribution < 1.29 is 4.79 Å². The first-order valence-electron chi connectivity index (χ1n) is 6.89. The van der Waals surface area contributed by atoms with Crippen LogP contribution in [0, 0.1) is 0 Å². The molecule has 102 valence electrons. The van der Waals surface area contributed by atoms with Crippen LogP contribution in [0.5, 0.6) is 0 Å². The van der Waals surface area contributed by atoms with Gasteiger partial charge in [0.05, 0.1) is 5.92 Å². The Labute approximate surface area is 118 Å². The lowest BCUT2D eigenvalue weighted by Crippen LogP contribution is -2.13. The summed E-state index contributed by atoms with van der Waals surface area (Å²) in [5.74, 6) is -0.0253. The fraction of sp³-hybridized carbons (Fsp3) is 0.235. The van der Waals surface area contributed by atoms with Gasteiger partial charge in [0, 0.05) is 11.7 Å². The van der Waals surface area contributed by atoms with Gasteiger partial charge in [-0.2, -0.15) is 0 Å². The van der Waals surface area contributed by atoms with Gasteiger partial charge in [0.2, 0.25) is 5.91 Å². The zero-order valence-electron chi connectivity index (χ0n) is 11.5. The SMILES string of the molecule is CC1C(=O)Nc2ccc(C(N)Cc3ccccc3)cc21. The van der Waals surface area contributed by atoms with Crippen molar-refractivity contribution in [3.05, 3.63) is 65.2 Å². The van der Waals surface area contributed by atoms with Crippen LogP contribution in [0.4, 0.5) is 5.69 Å². The monoisotopic (exact) mass is 266 g/mol. The predicted molar refractivity (Wildman–Crippen MR) is 80.6 cm³/mol. The van der Waals surface area contributed by atoms with E-state index >= 15 is 0 Å². The minimum atomic E-state index is -0.0890. The quantitative estimate of drug-likeness (QED) is 0.897. The lowest BCUT2D eigenvalue weighted by atomic mass is 9.94. The molecule has 0 aromatic heterocycles. The van der Waals surface area contributed by atoms with Crippen molar-refractivity contribution in [1.82, 2.24) is 0 Å². The number of hydrogen-bond donors (Lipinski definition) is 2. The Balaban J connectivity index is 1.83. The Hall–Kier alpha value is -2.13. The molecule has 3 N–H and O–H groups in total. The zero-order chi connectivity index (χ0) is 14.1. The lowest BCUT2D eigenvalue weighted by molar-refractivity contribution is -0.116. The number of fused-ring (bicyclic) bond motifs is 1. The fourth-order valence-corrected chi connectivity index (χ4v) is 2.65. The minimum absolute atomic E-state index is 0.0504. The van der Waals surface area contributed by atoms with Gasteiger partial charge in [-0.3, -0.25) is 4.79 Å². The summed E-state index contributed by atoms with van der Waals surface area (Å²) in [6.45, 7) is 1.92. The highest BCUT2D eigenvalue weighted by Crippen LogP contribution is 2.34. The van der Waals surface area contributed by atoms with Crippen LogP contribution in [0.2, 0.25) is 0 Å². The van der Waals surface area contributed by atoms with Gasteiger partial charge in [-0.15, -0.1) is 0 Å². The van der Waals surface area contributed by atoms with Gasteiger partial charge < -0.3 is 11.1 Å². The molecule has 1 heterocycles. The van der Waals surface area contributed by atoms with Gasteiger partial charge in [-0.1, -0.05) is 42.5 Å². The van der Waals surface area contributed by atoms with E-state index in [9.17, 15) is 4.79 Å².